The lowest BCUT2D eigenvalue weighted by atomic mass is 9.82. The molecule has 0 aliphatic heterocycles. The minimum absolute atomic E-state index is 0.0604. The van der Waals surface area contributed by atoms with E-state index >= 15 is 0 Å². The maximum absolute atomic E-state index is 12.8. The molecule has 0 aliphatic rings. The Balaban J connectivity index is 4.65. The van der Waals surface area contributed by atoms with E-state index in [-0.39, 0.29) is 12.8 Å². The zero-order valence-electron chi connectivity index (χ0n) is 36.3. The molecular weight excluding hydrogens is 712 g/mol. The van der Waals surface area contributed by atoms with Crippen LogP contribution in [0, 0.1) is 0 Å². The summed E-state index contributed by atoms with van der Waals surface area (Å²) >= 11 is 0. The summed E-state index contributed by atoms with van der Waals surface area (Å²) in [5.41, 5.74) is -2.64. The molecule has 332 valence electrons. The molecule has 0 aromatic rings. The highest BCUT2D eigenvalue weighted by molar-refractivity contribution is 5.85. The minimum atomic E-state index is -2.64. The summed E-state index contributed by atoms with van der Waals surface area (Å²) in [6.45, 7) is 4.11. The third kappa shape index (κ3) is 29.6. The van der Waals surface area contributed by atoms with E-state index in [2.05, 4.69) is 13.8 Å². The number of hydrogen-bond donors (Lipinski definition) is 5. The molecule has 10 heteroatoms. The number of ether oxygens (including phenoxy) is 2. The lowest BCUT2D eigenvalue weighted by molar-refractivity contribution is -0.194. The van der Waals surface area contributed by atoms with Crippen LogP contribution in [-0.2, 0) is 23.9 Å². The molecule has 0 bridgehead atoms. The van der Waals surface area contributed by atoms with Crippen molar-refractivity contribution in [2.75, 3.05) is 13.2 Å². The second-order valence-electron chi connectivity index (χ2n) is 16.6. The van der Waals surface area contributed by atoms with Crippen molar-refractivity contribution in [3.63, 3.8) is 0 Å². The number of carbonyl (C=O) groups excluding carboxylic acids is 3. The molecule has 0 saturated carbocycles. The van der Waals surface area contributed by atoms with Crippen molar-refractivity contribution >= 4 is 17.7 Å². The molecule has 0 aromatic carbocycles. The number of rotatable bonds is 42. The maximum atomic E-state index is 12.8. The Morgan fingerprint density at radius 1 is 0.518 bits per heavy atom. The van der Waals surface area contributed by atoms with E-state index in [0.29, 0.717) is 12.8 Å². The van der Waals surface area contributed by atoms with Gasteiger partial charge in [-0.15, -0.1) is 0 Å². The monoisotopic (exact) mass is 801 g/mol. The molecule has 0 fully saturated rings. The van der Waals surface area contributed by atoms with Crippen LogP contribution in [0.25, 0.3) is 0 Å². The Morgan fingerprint density at radius 3 is 1.16 bits per heavy atom. The molecule has 0 spiro atoms. The van der Waals surface area contributed by atoms with Gasteiger partial charge in [-0.25, -0.2) is 0 Å². The van der Waals surface area contributed by atoms with Gasteiger partial charge in [0, 0.05) is 19.3 Å². The normalized spacial score (nSPS) is 14.9. The molecule has 5 N–H and O–H groups in total. The Morgan fingerprint density at radius 2 is 0.839 bits per heavy atom. The van der Waals surface area contributed by atoms with Crippen molar-refractivity contribution in [3.8, 4) is 0 Å². The quantitative estimate of drug-likeness (QED) is 0.0296. The highest BCUT2D eigenvalue weighted by atomic mass is 16.6. The second-order valence-corrected chi connectivity index (χ2v) is 16.6. The molecule has 0 aromatic heterocycles. The van der Waals surface area contributed by atoms with Crippen LogP contribution in [-0.4, -0.2) is 86.5 Å². The minimum Gasteiger partial charge on any atom is -0.462 e. The zero-order valence-corrected chi connectivity index (χ0v) is 36.3. The average Bonchev–Trinajstić information content (AvgIpc) is 3.18. The molecule has 0 saturated heterocycles. The van der Waals surface area contributed by atoms with E-state index in [1.54, 1.807) is 0 Å². The van der Waals surface area contributed by atoms with Gasteiger partial charge in [0.15, 0.2) is 17.5 Å². The number of ketones is 1. The second kappa shape index (κ2) is 37.7. The van der Waals surface area contributed by atoms with Crippen LogP contribution >= 0.6 is 0 Å². The first kappa shape index (κ1) is 54.4. The van der Waals surface area contributed by atoms with Crippen LogP contribution in [0.1, 0.15) is 233 Å². The summed E-state index contributed by atoms with van der Waals surface area (Å²) in [5, 5.41) is 52.1. The summed E-state index contributed by atoms with van der Waals surface area (Å²) in [7, 11) is 0. The Labute approximate surface area is 342 Å². The van der Waals surface area contributed by atoms with Gasteiger partial charge in [0.25, 0.3) is 0 Å². The van der Waals surface area contributed by atoms with Gasteiger partial charge in [-0.3, -0.25) is 14.4 Å². The van der Waals surface area contributed by atoms with Gasteiger partial charge < -0.3 is 35.0 Å². The maximum Gasteiger partial charge on any atom is 0.306 e. The molecule has 10 nitrogen and oxygen atoms in total. The van der Waals surface area contributed by atoms with Crippen LogP contribution < -0.4 is 0 Å². The van der Waals surface area contributed by atoms with Crippen molar-refractivity contribution in [2.24, 2.45) is 0 Å². The van der Waals surface area contributed by atoms with Gasteiger partial charge in [-0.1, -0.05) is 194 Å². The topological polar surface area (TPSA) is 171 Å². The van der Waals surface area contributed by atoms with Crippen LogP contribution in [0.2, 0.25) is 0 Å². The van der Waals surface area contributed by atoms with E-state index in [9.17, 15) is 39.9 Å². The third-order valence-electron chi connectivity index (χ3n) is 11.2. The standard InChI is InChI=1S/C46H88O10/c1-4-6-8-10-12-14-16-18-20-22-24-26-28-30-32-34-42(50)55-38-41(44(52)45(53)46(54,39(3)48)36-40(49)37-47)56-43(51)35-33-31-29-27-25-23-21-19-17-15-13-11-9-7-5-2/h40-41,44-45,47,49,52-54H,4-38H2,1-3H3/t40?,41-,44-,45+,46+/m1/s1. The Hall–Kier alpha value is -1.59. The molecule has 0 heterocycles. The van der Waals surface area contributed by atoms with Gasteiger partial charge in [-0.05, 0) is 19.8 Å². The first-order chi connectivity index (χ1) is 27.0. The smallest absolute Gasteiger partial charge is 0.306 e. The lowest BCUT2D eigenvalue weighted by Crippen LogP contribution is -2.59. The predicted octanol–water partition coefficient (Wildman–Crippen LogP) is 9.75. The van der Waals surface area contributed by atoms with Gasteiger partial charge in [0.2, 0.25) is 0 Å². The number of hydrogen-bond acceptors (Lipinski definition) is 10. The summed E-state index contributed by atoms with van der Waals surface area (Å²) < 4.78 is 10.8. The van der Waals surface area contributed by atoms with Crippen molar-refractivity contribution in [1.82, 2.24) is 0 Å². The first-order valence-corrected chi connectivity index (χ1v) is 23.3. The molecule has 0 amide bonds. The van der Waals surface area contributed by atoms with Crippen molar-refractivity contribution in [2.45, 2.75) is 263 Å². The van der Waals surface area contributed by atoms with Crippen molar-refractivity contribution in [1.29, 1.82) is 0 Å². The molecule has 0 rings (SSSR count). The molecule has 56 heavy (non-hydrogen) atoms. The Bertz CT molecular complexity index is 930. The van der Waals surface area contributed by atoms with Crippen LogP contribution in [0.4, 0.5) is 0 Å². The highest BCUT2D eigenvalue weighted by Gasteiger charge is 2.48. The number of unbranched alkanes of at least 4 members (excludes halogenated alkanes) is 28. The predicted molar refractivity (Wildman–Crippen MR) is 225 cm³/mol. The van der Waals surface area contributed by atoms with Gasteiger partial charge >= 0.3 is 11.9 Å². The van der Waals surface area contributed by atoms with Gasteiger partial charge in [0.05, 0.1) is 12.7 Å². The summed E-state index contributed by atoms with van der Waals surface area (Å²) in [5.74, 6) is -2.15. The number of carbonyl (C=O) groups is 3. The summed E-state index contributed by atoms with van der Waals surface area (Å²) in [6.07, 6.45) is 28.0. The zero-order chi connectivity index (χ0) is 41.7. The first-order valence-electron chi connectivity index (χ1n) is 23.3. The van der Waals surface area contributed by atoms with Crippen molar-refractivity contribution < 1.29 is 49.4 Å². The van der Waals surface area contributed by atoms with Crippen LogP contribution in [0.15, 0.2) is 0 Å². The van der Waals surface area contributed by atoms with Gasteiger partial charge in [-0.2, -0.15) is 0 Å². The van der Waals surface area contributed by atoms with E-state index < -0.39 is 67.4 Å². The number of esters is 2. The van der Waals surface area contributed by atoms with Crippen LogP contribution in [0.3, 0.4) is 0 Å². The van der Waals surface area contributed by atoms with Crippen LogP contribution in [0.5, 0.6) is 0 Å². The SMILES string of the molecule is CCCCCCCCCCCCCCCCCC(=O)OC[C@@H](OC(=O)CCCCCCCCCCCCCCCCC)[C@@H](O)[C@H](O)[C@](O)(CC(O)CO)C(C)=O. The number of aliphatic hydroxyl groups is 5. The molecule has 5 atom stereocenters. The molecular formula is C46H88O10. The number of Topliss-reactive ketones (excluding diaryl/α,β-unsaturated/α-hetero) is 1. The molecule has 1 unspecified atom stereocenters. The van der Waals surface area contributed by atoms with E-state index in [1.165, 1.54) is 141 Å². The van der Waals surface area contributed by atoms with Gasteiger partial charge in [0.1, 0.15) is 18.8 Å². The van der Waals surface area contributed by atoms with E-state index in [0.717, 1.165) is 45.4 Å². The Kier molecular flexibility index (Phi) is 36.6. The summed E-state index contributed by atoms with van der Waals surface area (Å²) in [4.78, 5) is 37.8. The van der Waals surface area contributed by atoms with E-state index in [4.69, 9.17) is 9.47 Å². The van der Waals surface area contributed by atoms with E-state index in [1.807, 2.05) is 0 Å². The van der Waals surface area contributed by atoms with Crippen molar-refractivity contribution in [3.05, 3.63) is 0 Å². The fraction of sp³-hybridized carbons (Fsp3) is 0.935. The largest absolute Gasteiger partial charge is 0.462 e. The average molecular weight is 801 g/mol. The summed E-state index contributed by atoms with van der Waals surface area (Å²) in [6, 6.07) is 0. The fourth-order valence-electron chi connectivity index (χ4n) is 7.34. The molecule has 0 aliphatic carbocycles. The lowest BCUT2D eigenvalue weighted by Gasteiger charge is -2.36. The fourth-order valence-corrected chi connectivity index (χ4v) is 7.34. The number of aliphatic hydroxyl groups excluding tert-OH is 4. The molecule has 0 radical (unpaired) electrons. The highest BCUT2D eigenvalue weighted by Crippen LogP contribution is 2.25. The third-order valence-corrected chi connectivity index (χ3v) is 11.2.